The average molecular weight is 365 g/mol. The third kappa shape index (κ3) is 3.42. The fourth-order valence-electron chi connectivity index (χ4n) is 2.09. The lowest BCUT2D eigenvalue weighted by Crippen LogP contribution is -2.27. The molecule has 116 valence electrons. The Balaban J connectivity index is 1.86. The van der Waals surface area contributed by atoms with Crippen LogP contribution in [0.15, 0.2) is 47.6 Å². The lowest BCUT2D eigenvalue weighted by atomic mass is 10.2. The van der Waals surface area contributed by atoms with E-state index in [1.807, 2.05) is 6.07 Å². The summed E-state index contributed by atoms with van der Waals surface area (Å²) in [5.41, 5.74) is 1.31. The van der Waals surface area contributed by atoms with Gasteiger partial charge in [0.15, 0.2) is 0 Å². The molecule has 23 heavy (non-hydrogen) atoms. The van der Waals surface area contributed by atoms with Crippen molar-refractivity contribution in [3.05, 3.63) is 68.8 Å². The minimum Gasteiger partial charge on any atom is -0.268 e. The second kappa shape index (κ2) is 6.74. The summed E-state index contributed by atoms with van der Waals surface area (Å²) >= 11 is 13.1. The Labute approximate surface area is 147 Å². The van der Waals surface area contributed by atoms with Crippen LogP contribution in [0.2, 0.25) is 10.0 Å². The van der Waals surface area contributed by atoms with E-state index in [9.17, 15) is 9.59 Å². The van der Waals surface area contributed by atoms with Crippen LogP contribution in [-0.4, -0.2) is 21.0 Å². The molecule has 2 amide bonds. The van der Waals surface area contributed by atoms with Crippen LogP contribution < -0.4 is 0 Å². The Morgan fingerprint density at radius 1 is 1.13 bits per heavy atom. The number of benzene rings is 1. The minimum atomic E-state index is -0.361. The quantitative estimate of drug-likeness (QED) is 0.745. The fraction of sp³-hybridized carbons (Fsp3) is 0.0625. The van der Waals surface area contributed by atoms with Crippen molar-refractivity contribution in [3.8, 4) is 0 Å². The van der Waals surface area contributed by atoms with Gasteiger partial charge in [0, 0.05) is 28.0 Å². The Kier molecular flexibility index (Phi) is 4.71. The normalized spacial score (nSPS) is 16.4. The van der Waals surface area contributed by atoms with E-state index in [1.54, 1.807) is 42.7 Å². The number of halogens is 2. The number of imide groups is 1. The predicted octanol–water partition coefficient (Wildman–Crippen LogP) is 4.62. The highest BCUT2D eigenvalue weighted by Crippen LogP contribution is 2.35. The van der Waals surface area contributed by atoms with E-state index in [-0.39, 0.29) is 17.7 Å². The number of rotatable bonds is 3. The van der Waals surface area contributed by atoms with E-state index >= 15 is 0 Å². The van der Waals surface area contributed by atoms with Crippen molar-refractivity contribution in [1.29, 1.82) is 0 Å². The van der Waals surface area contributed by atoms with Crippen LogP contribution in [0.1, 0.15) is 11.1 Å². The average Bonchev–Trinajstić information content (AvgIpc) is 2.79. The van der Waals surface area contributed by atoms with Gasteiger partial charge in [-0.1, -0.05) is 35.3 Å². The predicted molar refractivity (Wildman–Crippen MR) is 92.2 cm³/mol. The summed E-state index contributed by atoms with van der Waals surface area (Å²) in [5.74, 6) is -0.361. The summed E-state index contributed by atoms with van der Waals surface area (Å²) in [6.45, 7) is 0.0492. The topological polar surface area (TPSA) is 50.3 Å². The van der Waals surface area contributed by atoms with E-state index in [1.165, 1.54) is 0 Å². The molecule has 1 saturated heterocycles. The van der Waals surface area contributed by atoms with Crippen LogP contribution in [0.5, 0.6) is 0 Å². The highest BCUT2D eigenvalue weighted by atomic mass is 35.5. The molecule has 3 rings (SSSR count). The number of nitrogens with zero attached hydrogens (tertiary/aromatic N) is 2. The zero-order chi connectivity index (χ0) is 16.4. The first kappa shape index (κ1) is 16.1. The standard InChI is InChI=1S/C16H10Cl2N2O2S/c17-12-4-1-5-13(18)11(12)9-20-15(21)14(23-16(20)22)7-10-3-2-6-19-8-10/h1-8H,9H2/b14-7-. The van der Waals surface area contributed by atoms with E-state index in [0.717, 1.165) is 22.2 Å². The molecule has 1 aromatic heterocycles. The van der Waals surface area contributed by atoms with Gasteiger partial charge in [-0.25, -0.2) is 0 Å². The summed E-state index contributed by atoms with van der Waals surface area (Å²) in [4.78, 5) is 30.1. The van der Waals surface area contributed by atoms with Crippen LogP contribution in [0.25, 0.3) is 6.08 Å². The summed E-state index contributed by atoms with van der Waals surface area (Å²) in [5, 5.41) is 0.502. The zero-order valence-electron chi connectivity index (χ0n) is 11.7. The molecule has 7 heteroatoms. The summed E-state index contributed by atoms with van der Waals surface area (Å²) in [7, 11) is 0. The van der Waals surface area contributed by atoms with Gasteiger partial charge in [0.25, 0.3) is 11.1 Å². The van der Waals surface area contributed by atoms with Gasteiger partial charge in [-0.05, 0) is 41.6 Å². The zero-order valence-corrected chi connectivity index (χ0v) is 14.0. The maximum atomic E-state index is 12.5. The first-order chi connectivity index (χ1) is 11.1. The number of carbonyl (C=O) groups excluding carboxylic acids is 2. The van der Waals surface area contributed by atoms with Crippen LogP contribution in [0, 0.1) is 0 Å². The van der Waals surface area contributed by atoms with Gasteiger partial charge in [-0.2, -0.15) is 0 Å². The summed E-state index contributed by atoms with van der Waals surface area (Å²) in [6.07, 6.45) is 4.91. The van der Waals surface area contributed by atoms with Gasteiger partial charge in [-0.15, -0.1) is 0 Å². The number of hydrogen-bond acceptors (Lipinski definition) is 4. The largest absolute Gasteiger partial charge is 0.293 e. The van der Waals surface area contributed by atoms with E-state index < -0.39 is 0 Å². The Bertz CT molecular complexity index is 789. The molecule has 0 atom stereocenters. The highest BCUT2D eigenvalue weighted by Gasteiger charge is 2.35. The lowest BCUT2D eigenvalue weighted by Gasteiger charge is -2.14. The van der Waals surface area contributed by atoms with Gasteiger partial charge in [0.2, 0.25) is 0 Å². The first-order valence-electron chi connectivity index (χ1n) is 6.64. The van der Waals surface area contributed by atoms with Crippen LogP contribution in [0.3, 0.4) is 0 Å². The van der Waals surface area contributed by atoms with Crippen molar-refractivity contribution in [2.75, 3.05) is 0 Å². The molecule has 0 saturated carbocycles. The molecule has 0 N–H and O–H groups in total. The summed E-state index contributed by atoms with van der Waals surface area (Å²) < 4.78 is 0. The van der Waals surface area contributed by atoms with Crippen molar-refractivity contribution >= 4 is 52.2 Å². The number of aromatic nitrogens is 1. The Hall–Kier alpha value is -1.82. The maximum absolute atomic E-state index is 12.5. The van der Waals surface area contributed by atoms with Gasteiger partial charge < -0.3 is 0 Å². The van der Waals surface area contributed by atoms with Gasteiger partial charge in [0.1, 0.15) is 0 Å². The SMILES string of the molecule is O=C1S/C(=C\c2cccnc2)C(=O)N1Cc1c(Cl)cccc1Cl. The monoisotopic (exact) mass is 364 g/mol. The van der Waals surface area contributed by atoms with Crippen molar-refractivity contribution in [3.63, 3.8) is 0 Å². The van der Waals surface area contributed by atoms with Crippen LogP contribution >= 0.6 is 35.0 Å². The number of carbonyl (C=O) groups is 2. The molecule has 1 aliphatic rings. The lowest BCUT2D eigenvalue weighted by molar-refractivity contribution is -0.123. The van der Waals surface area contributed by atoms with Crippen LogP contribution in [0.4, 0.5) is 4.79 Å². The molecule has 0 radical (unpaired) electrons. The van der Waals surface area contributed by atoms with Crippen molar-refractivity contribution < 1.29 is 9.59 Å². The molecular formula is C16H10Cl2N2O2S. The molecule has 0 unspecified atom stereocenters. The molecule has 2 heterocycles. The smallest absolute Gasteiger partial charge is 0.268 e. The second-order valence-corrected chi connectivity index (χ2v) is 6.56. The maximum Gasteiger partial charge on any atom is 0.293 e. The van der Waals surface area contributed by atoms with E-state index in [2.05, 4.69) is 4.98 Å². The molecule has 1 aromatic carbocycles. The number of amides is 2. The molecule has 1 fully saturated rings. The van der Waals surface area contributed by atoms with E-state index in [0.29, 0.717) is 20.5 Å². The molecule has 2 aromatic rings. The van der Waals surface area contributed by atoms with Gasteiger partial charge in [0.05, 0.1) is 11.4 Å². The third-order valence-electron chi connectivity index (χ3n) is 3.23. The van der Waals surface area contributed by atoms with Crippen molar-refractivity contribution in [2.24, 2.45) is 0 Å². The molecule has 1 aliphatic heterocycles. The molecule has 0 aliphatic carbocycles. The highest BCUT2D eigenvalue weighted by molar-refractivity contribution is 8.18. The first-order valence-corrected chi connectivity index (χ1v) is 8.22. The third-order valence-corrected chi connectivity index (χ3v) is 4.85. The molecule has 4 nitrogen and oxygen atoms in total. The second-order valence-electron chi connectivity index (χ2n) is 4.75. The van der Waals surface area contributed by atoms with Crippen molar-refractivity contribution in [2.45, 2.75) is 6.54 Å². The minimum absolute atomic E-state index is 0.0492. The Morgan fingerprint density at radius 2 is 1.87 bits per heavy atom. The van der Waals surface area contributed by atoms with E-state index in [4.69, 9.17) is 23.2 Å². The number of thioether (sulfide) groups is 1. The number of pyridine rings is 1. The summed E-state index contributed by atoms with van der Waals surface area (Å²) in [6, 6.07) is 8.64. The Morgan fingerprint density at radius 3 is 2.52 bits per heavy atom. The van der Waals surface area contributed by atoms with Gasteiger partial charge in [-0.3, -0.25) is 19.5 Å². The van der Waals surface area contributed by atoms with Crippen molar-refractivity contribution in [1.82, 2.24) is 9.88 Å². The fourth-order valence-corrected chi connectivity index (χ4v) is 3.45. The molecule has 0 spiro atoms. The molecular weight excluding hydrogens is 355 g/mol. The van der Waals surface area contributed by atoms with Crippen LogP contribution in [-0.2, 0) is 11.3 Å². The van der Waals surface area contributed by atoms with Gasteiger partial charge >= 0.3 is 0 Å². The number of hydrogen-bond donors (Lipinski definition) is 0. The molecule has 0 bridgehead atoms.